The Morgan fingerprint density at radius 3 is 2.82 bits per heavy atom. The number of carbonyl (C=O) groups excluding carboxylic acids is 1. The van der Waals surface area contributed by atoms with Crippen molar-refractivity contribution < 1.29 is 18.3 Å². The van der Waals surface area contributed by atoms with E-state index >= 15 is 0 Å². The molecule has 1 aromatic rings. The fraction of sp³-hybridized carbons (Fsp3) is 0.167. The lowest BCUT2D eigenvalue weighted by atomic mass is 10.3. The molecule has 5 heteroatoms. The predicted octanol–water partition coefficient (Wildman–Crippen LogP) is 1.97. The van der Waals surface area contributed by atoms with Crippen molar-refractivity contribution in [3.8, 4) is 0 Å². The predicted molar refractivity (Wildman–Crippen MR) is 37.7 cm³/mol. The minimum absolute atomic E-state index is 0.0992. The van der Waals surface area contributed by atoms with Crippen LogP contribution in [0.2, 0.25) is 0 Å². The average Bonchev–Trinajstić information content (AvgIpc) is 2.32. The number of esters is 1. The minimum atomic E-state index is -0.753. The van der Waals surface area contributed by atoms with Gasteiger partial charge in [0.25, 0.3) is 0 Å². The molecule has 3 nitrogen and oxygen atoms in total. The van der Waals surface area contributed by atoms with E-state index < -0.39 is 11.8 Å². The summed E-state index contributed by atoms with van der Waals surface area (Å²) in [6.45, 7) is 0. The fourth-order valence-electron chi connectivity index (χ4n) is 0.568. The molecule has 0 aliphatic heterocycles. The van der Waals surface area contributed by atoms with Crippen LogP contribution in [0.5, 0.6) is 0 Å². The maximum absolute atomic E-state index is 12.8. The number of hydrogen-bond donors (Lipinski definition) is 0. The van der Waals surface area contributed by atoms with E-state index in [1.54, 1.807) is 0 Å². The highest BCUT2D eigenvalue weighted by atomic mass is 79.9. The second-order valence-corrected chi connectivity index (χ2v) is 2.45. The van der Waals surface area contributed by atoms with E-state index in [9.17, 15) is 9.18 Å². The third-order valence-electron chi connectivity index (χ3n) is 1.09. The van der Waals surface area contributed by atoms with E-state index in [1.807, 2.05) is 0 Å². The van der Waals surface area contributed by atoms with Crippen molar-refractivity contribution in [2.75, 3.05) is 7.11 Å². The largest absolute Gasteiger partial charge is 0.465 e. The molecular formula is C6H4BrFO3. The maximum Gasteiger partial charge on any atom is 0.344 e. The van der Waals surface area contributed by atoms with Gasteiger partial charge in [0.1, 0.15) is 11.8 Å². The highest BCUT2D eigenvalue weighted by Crippen LogP contribution is 2.20. The van der Waals surface area contributed by atoms with Crippen LogP contribution in [-0.2, 0) is 4.74 Å². The summed E-state index contributed by atoms with van der Waals surface area (Å²) < 4.78 is 21.5. The number of carbonyl (C=O) groups is 1. The lowest BCUT2D eigenvalue weighted by Gasteiger charge is -1.91. The molecule has 0 unspecified atom stereocenters. The number of hydrogen-bond acceptors (Lipinski definition) is 3. The maximum atomic E-state index is 12.8. The Morgan fingerprint density at radius 1 is 1.82 bits per heavy atom. The Morgan fingerprint density at radius 2 is 2.45 bits per heavy atom. The van der Waals surface area contributed by atoms with E-state index in [4.69, 9.17) is 0 Å². The van der Waals surface area contributed by atoms with Gasteiger partial charge in [0.2, 0.25) is 4.67 Å². The van der Waals surface area contributed by atoms with Crippen LogP contribution >= 0.6 is 15.9 Å². The molecule has 0 amide bonds. The molecule has 1 rings (SSSR count). The van der Waals surface area contributed by atoms with Crippen molar-refractivity contribution in [1.29, 1.82) is 0 Å². The molecule has 0 bridgehead atoms. The van der Waals surface area contributed by atoms with Crippen molar-refractivity contribution in [3.05, 3.63) is 22.3 Å². The SMILES string of the molecule is COC(=O)c1coc(Br)c1F. The van der Waals surface area contributed by atoms with Crippen LogP contribution in [0.15, 0.2) is 15.3 Å². The number of halogens is 2. The second kappa shape index (κ2) is 3.04. The van der Waals surface area contributed by atoms with Crippen molar-refractivity contribution >= 4 is 21.9 Å². The number of rotatable bonds is 1. The topological polar surface area (TPSA) is 39.4 Å². The zero-order chi connectivity index (χ0) is 8.43. The normalized spacial score (nSPS) is 9.73. The highest BCUT2D eigenvalue weighted by Gasteiger charge is 2.18. The van der Waals surface area contributed by atoms with Crippen molar-refractivity contribution in [2.45, 2.75) is 0 Å². The molecule has 11 heavy (non-hydrogen) atoms. The smallest absolute Gasteiger partial charge is 0.344 e. The molecule has 0 aliphatic carbocycles. The van der Waals surface area contributed by atoms with E-state index in [1.165, 1.54) is 7.11 Å². The standard InChI is InChI=1S/C6H4BrFO3/c1-10-6(9)3-2-11-5(7)4(3)8/h2H,1H3. The highest BCUT2D eigenvalue weighted by molar-refractivity contribution is 9.10. The molecule has 1 aromatic heterocycles. The monoisotopic (exact) mass is 222 g/mol. The molecule has 0 saturated heterocycles. The molecule has 1 heterocycles. The lowest BCUT2D eigenvalue weighted by molar-refractivity contribution is 0.0595. The van der Waals surface area contributed by atoms with E-state index in [0.717, 1.165) is 6.26 Å². The quantitative estimate of drug-likeness (QED) is 0.683. The van der Waals surface area contributed by atoms with Gasteiger partial charge in [0.15, 0.2) is 5.82 Å². The first-order valence-corrected chi connectivity index (χ1v) is 3.47. The number of methoxy groups -OCH3 is 1. The molecule has 0 spiro atoms. The second-order valence-electron chi connectivity index (χ2n) is 1.73. The van der Waals surface area contributed by atoms with Crippen molar-refractivity contribution in [3.63, 3.8) is 0 Å². The van der Waals surface area contributed by atoms with Gasteiger partial charge in [-0.25, -0.2) is 9.18 Å². The first kappa shape index (κ1) is 8.26. The summed E-state index contributed by atoms with van der Waals surface area (Å²) in [7, 11) is 1.17. The Balaban J connectivity index is 3.04. The number of ether oxygens (including phenoxy) is 1. The molecule has 0 aliphatic rings. The Bertz CT molecular complexity index is 281. The van der Waals surface area contributed by atoms with Crippen LogP contribution in [0.4, 0.5) is 4.39 Å². The molecule has 60 valence electrons. The molecule has 0 saturated carbocycles. The Hall–Kier alpha value is -0.840. The van der Waals surface area contributed by atoms with Gasteiger partial charge in [0.05, 0.1) is 7.11 Å². The van der Waals surface area contributed by atoms with Gasteiger partial charge in [-0.1, -0.05) is 0 Å². The first-order valence-electron chi connectivity index (χ1n) is 2.67. The van der Waals surface area contributed by atoms with Gasteiger partial charge in [-0.05, 0) is 15.9 Å². The van der Waals surface area contributed by atoms with E-state index in [2.05, 4.69) is 25.1 Å². The summed E-state index contributed by atoms with van der Waals surface area (Å²) in [6.07, 6.45) is 0.991. The molecule has 0 fully saturated rings. The molecule has 0 radical (unpaired) electrons. The Labute approximate surface area is 70.3 Å². The van der Waals surface area contributed by atoms with Gasteiger partial charge in [-0.2, -0.15) is 0 Å². The van der Waals surface area contributed by atoms with Crippen LogP contribution < -0.4 is 0 Å². The summed E-state index contributed by atoms with van der Waals surface area (Å²) in [4.78, 5) is 10.7. The van der Waals surface area contributed by atoms with Crippen LogP contribution in [0.1, 0.15) is 10.4 Å². The first-order chi connectivity index (χ1) is 5.16. The van der Waals surface area contributed by atoms with Gasteiger partial charge in [-0.3, -0.25) is 0 Å². The average molecular weight is 223 g/mol. The lowest BCUT2D eigenvalue weighted by Crippen LogP contribution is -2.01. The minimum Gasteiger partial charge on any atom is -0.465 e. The summed E-state index contributed by atoms with van der Waals surface area (Å²) in [5, 5.41) is 0. The third kappa shape index (κ3) is 1.42. The van der Waals surface area contributed by atoms with Crippen LogP contribution in [-0.4, -0.2) is 13.1 Å². The molecule has 0 atom stereocenters. The van der Waals surface area contributed by atoms with E-state index in [0.29, 0.717) is 0 Å². The van der Waals surface area contributed by atoms with Gasteiger partial charge >= 0.3 is 5.97 Å². The van der Waals surface area contributed by atoms with Crippen LogP contribution in [0.3, 0.4) is 0 Å². The van der Waals surface area contributed by atoms with Crippen molar-refractivity contribution in [2.24, 2.45) is 0 Å². The summed E-state index contributed by atoms with van der Waals surface area (Å²) in [6, 6.07) is 0. The fourth-order valence-corrected chi connectivity index (χ4v) is 0.875. The van der Waals surface area contributed by atoms with Crippen LogP contribution in [0.25, 0.3) is 0 Å². The third-order valence-corrected chi connectivity index (χ3v) is 1.63. The number of furan rings is 1. The molecule has 0 aromatic carbocycles. The van der Waals surface area contributed by atoms with Crippen LogP contribution in [0, 0.1) is 5.82 Å². The molecule has 0 N–H and O–H groups in total. The van der Waals surface area contributed by atoms with Gasteiger partial charge in [0, 0.05) is 0 Å². The summed E-state index contributed by atoms with van der Waals surface area (Å²) in [5.41, 5.74) is -0.209. The van der Waals surface area contributed by atoms with E-state index in [-0.39, 0.29) is 10.2 Å². The van der Waals surface area contributed by atoms with Crippen molar-refractivity contribution in [1.82, 2.24) is 0 Å². The Kier molecular flexibility index (Phi) is 2.28. The summed E-state index contributed by atoms with van der Waals surface area (Å²) >= 11 is 2.76. The summed E-state index contributed by atoms with van der Waals surface area (Å²) in [5.74, 6) is -1.49. The zero-order valence-electron chi connectivity index (χ0n) is 5.56. The zero-order valence-corrected chi connectivity index (χ0v) is 7.14. The molecular weight excluding hydrogens is 219 g/mol. The van der Waals surface area contributed by atoms with Gasteiger partial charge < -0.3 is 9.15 Å². The van der Waals surface area contributed by atoms with Gasteiger partial charge in [-0.15, -0.1) is 0 Å².